The Kier molecular flexibility index (Phi) is 8.89. The maximum Gasteiger partial charge on any atom is 0.140 e. The molecular formula is C59H53BN2S. The zero-order chi connectivity index (χ0) is 43.6. The standard InChI is InChI=1S/C59H53BN2S/c1-57(2)44-24-13-10-19-37(44)51-43-32-48-52(38-20-11-14-25-45(38)58(48,3)4)53(55(43)60)40-22-16-23-41(54-56(61)39-21-12-15-26-46(39)59(54,5)6)50(40)35(27-29-47(51)57)33-62-49-30-28-36(63)31-42(49)34-17-8-7-9-18-34/h7-10,12-19,21-33,62-63H,11,20,60-61H2,1-6H3/b29-27?,35-33-. The Balaban J connectivity index is 1.36. The second-order valence-electron chi connectivity index (χ2n) is 19.6. The third-order valence-electron chi connectivity index (χ3n) is 15.1. The summed E-state index contributed by atoms with van der Waals surface area (Å²) in [6, 6.07) is 49.2. The summed E-state index contributed by atoms with van der Waals surface area (Å²) >= 11 is 4.81. The molecular weight excluding hydrogens is 780 g/mol. The maximum absolute atomic E-state index is 7.42. The van der Waals surface area contributed by atoms with E-state index in [4.69, 9.17) is 18.4 Å². The Bertz CT molecular complexity index is 3360. The quantitative estimate of drug-likeness (QED) is 0.122. The van der Waals surface area contributed by atoms with Crippen molar-refractivity contribution in [3.05, 3.63) is 195 Å². The van der Waals surface area contributed by atoms with Crippen molar-refractivity contribution >= 4 is 76.2 Å². The van der Waals surface area contributed by atoms with E-state index in [1.807, 2.05) is 0 Å². The van der Waals surface area contributed by atoms with Crippen LogP contribution in [-0.2, 0) is 16.2 Å². The monoisotopic (exact) mass is 832 g/mol. The molecule has 2 nitrogen and oxygen atoms in total. The van der Waals surface area contributed by atoms with Gasteiger partial charge in [0.1, 0.15) is 7.85 Å². The maximum atomic E-state index is 7.42. The molecule has 4 aliphatic rings. The summed E-state index contributed by atoms with van der Waals surface area (Å²) in [5.41, 5.74) is 27.9. The van der Waals surface area contributed by atoms with Crippen molar-refractivity contribution in [2.75, 3.05) is 5.32 Å². The summed E-state index contributed by atoms with van der Waals surface area (Å²) in [4.78, 5) is 0.921. The van der Waals surface area contributed by atoms with Crippen molar-refractivity contribution in [3.63, 3.8) is 0 Å². The molecule has 0 radical (unpaired) electrons. The summed E-state index contributed by atoms with van der Waals surface area (Å²) in [5, 5.41) is 10.1. The van der Waals surface area contributed by atoms with Crippen LogP contribution >= 0.6 is 12.6 Å². The van der Waals surface area contributed by atoms with Crippen molar-refractivity contribution < 1.29 is 0 Å². The number of hydrogen-bond donors (Lipinski definition) is 3. The van der Waals surface area contributed by atoms with Gasteiger partial charge in [0.2, 0.25) is 0 Å². The van der Waals surface area contributed by atoms with Crippen LogP contribution in [0.3, 0.4) is 0 Å². The van der Waals surface area contributed by atoms with Crippen molar-refractivity contribution in [1.82, 2.24) is 0 Å². The fourth-order valence-corrected chi connectivity index (χ4v) is 12.2. The van der Waals surface area contributed by atoms with E-state index >= 15 is 0 Å². The first-order valence-corrected chi connectivity index (χ1v) is 23.0. The number of anilines is 1. The lowest BCUT2D eigenvalue weighted by molar-refractivity contribution is 0.652. The minimum Gasteiger partial charge on any atom is -0.398 e. The predicted molar refractivity (Wildman–Crippen MR) is 276 cm³/mol. The van der Waals surface area contributed by atoms with Gasteiger partial charge in [0.15, 0.2) is 0 Å². The predicted octanol–water partition coefficient (Wildman–Crippen LogP) is 12.7. The van der Waals surface area contributed by atoms with E-state index in [-0.39, 0.29) is 16.2 Å². The van der Waals surface area contributed by atoms with Crippen LogP contribution in [-0.4, -0.2) is 7.85 Å². The Morgan fingerprint density at radius 1 is 0.603 bits per heavy atom. The van der Waals surface area contributed by atoms with E-state index in [2.05, 4.69) is 207 Å². The van der Waals surface area contributed by atoms with Gasteiger partial charge < -0.3 is 11.1 Å². The molecule has 0 saturated carbocycles. The van der Waals surface area contributed by atoms with Crippen LogP contribution in [0.25, 0.3) is 66.8 Å². The highest BCUT2D eigenvalue weighted by molar-refractivity contribution is 7.80. The Hall–Kier alpha value is -6.23. The Labute approximate surface area is 378 Å². The molecule has 0 heterocycles. The Morgan fingerprint density at radius 2 is 1.30 bits per heavy atom. The van der Waals surface area contributed by atoms with Gasteiger partial charge in [0.25, 0.3) is 0 Å². The first-order valence-electron chi connectivity index (χ1n) is 22.5. The topological polar surface area (TPSA) is 38.0 Å². The van der Waals surface area contributed by atoms with Crippen LogP contribution in [0.5, 0.6) is 0 Å². The largest absolute Gasteiger partial charge is 0.398 e. The molecule has 4 heteroatoms. The van der Waals surface area contributed by atoms with E-state index in [0.717, 1.165) is 56.6 Å². The van der Waals surface area contributed by atoms with Gasteiger partial charge in [-0.05, 0) is 125 Å². The third kappa shape index (κ3) is 5.73. The summed E-state index contributed by atoms with van der Waals surface area (Å²) in [7, 11) is 2.39. The molecule has 2 bridgehead atoms. The fraction of sp³-hybridized carbons (Fsp3) is 0.186. The minimum atomic E-state index is -0.342. The molecule has 3 N–H and O–H groups in total. The number of nitrogens with one attached hydrogen (secondary N) is 1. The number of fused-ring (bicyclic) bond motifs is 12. The van der Waals surface area contributed by atoms with Gasteiger partial charge in [-0.25, -0.2) is 0 Å². The molecule has 63 heavy (non-hydrogen) atoms. The Morgan fingerprint density at radius 3 is 2.06 bits per heavy atom. The number of rotatable bonds is 4. The van der Waals surface area contributed by atoms with Crippen molar-refractivity contribution in [2.45, 2.75) is 75.5 Å². The minimum absolute atomic E-state index is 0.167. The lowest BCUT2D eigenvalue weighted by Gasteiger charge is -2.27. The van der Waals surface area contributed by atoms with Crippen LogP contribution in [0.2, 0.25) is 0 Å². The molecule has 0 amide bonds. The normalized spacial score (nSPS) is 17.4. The highest BCUT2D eigenvalue weighted by atomic mass is 32.1. The highest BCUT2D eigenvalue weighted by Crippen LogP contribution is 2.56. The number of hydrogen-bond acceptors (Lipinski definition) is 3. The van der Waals surface area contributed by atoms with Crippen LogP contribution in [0.4, 0.5) is 5.69 Å². The van der Waals surface area contributed by atoms with Crippen molar-refractivity contribution in [1.29, 1.82) is 0 Å². The van der Waals surface area contributed by atoms with E-state index < -0.39 is 0 Å². The summed E-state index contributed by atoms with van der Waals surface area (Å²) in [6.45, 7) is 14.4. The van der Waals surface area contributed by atoms with Crippen molar-refractivity contribution in [3.8, 4) is 22.3 Å². The lowest BCUT2D eigenvalue weighted by Crippen LogP contribution is -2.20. The number of thiol groups is 1. The summed E-state index contributed by atoms with van der Waals surface area (Å²) < 4.78 is 0. The molecule has 0 unspecified atom stereocenters. The molecule has 0 spiro atoms. The number of nitrogens with two attached hydrogens (primary N) is 1. The molecule has 0 aromatic heterocycles. The molecule has 0 fully saturated rings. The molecule has 11 rings (SSSR count). The third-order valence-corrected chi connectivity index (χ3v) is 15.3. The summed E-state index contributed by atoms with van der Waals surface area (Å²) in [6.07, 6.45) is 9.12. The van der Waals surface area contributed by atoms with E-state index in [0.29, 0.717) is 0 Å². The fourth-order valence-electron chi connectivity index (χ4n) is 11.9. The molecule has 0 atom stereocenters. The van der Waals surface area contributed by atoms with Crippen LogP contribution in [0, 0.1) is 0 Å². The second-order valence-corrected chi connectivity index (χ2v) is 20.1. The molecule has 4 aliphatic carbocycles. The smallest absolute Gasteiger partial charge is 0.140 e. The van der Waals surface area contributed by atoms with Crippen molar-refractivity contribution in [2.24, 2.45) is 5.73 Å². The highest BCUT2D eigenvalue weighted by Gasteiger charge is 2.42. The van der Waals surface area contributed by atoms with Gasteiger partial charge in [-0.1, -0.05) is 174 Å². The number of allylic oxidation sites excluding steroid dienone is 5. The van der Waals surface area contributed by atoms with Gasteiger partial charge in [-0.15, -0.1) is 12.6 Å². The lowest BCUT2D eigenvalue weighted by atomic mass is 9.74. The molecule has 0 saturated heterocycles. The van der Waals surface area contributed by atoms with E-state index in [1.165, 1.54) is 82.7 Å². The molecule has 0 aliphatic heterocycles. The zero-order valence-electron chi connectivity index (χ0n) is 37.4. The first-order chi connectivity index (χ1) is 30.3. The van der Waals surface area contributed by atoms with Gasteiger partial charge in [0, 0.05) is 49.9 Å². The SMILES string of the molecule is Bc1c2cc3c(c1c1cccc(C4=C(N)c5ccccc5C4(C)C)c1/c(=C\Nc1ccc(S)cc1-c1ccccc1)ccc1c2-c2ccccc2C1(C)C)C1=C(C=CCC1)C3(C)C. The average Bonchev–Trinajstić information content (AvgIpc) is 3.74. The first kappa shape index (κ1) is 39.6. The average molecular weight is 833 g/mol. The van der Waals surface area contributed by atoms with Gasteiger partial charge in [-0.2, -0.15) is 0 Å². The van der Waals surface area contributed by atoms with Gasteiger partial charge in [-0.3, -0.25) is 0 Å². The molecule has 7 aromatic rings. The second kappa shape index (κ2) is 14.1. The van der Waals surface area contributed by atoms with Crippen LogP contribution in [0.1, 0.15) is 93.3 Å². The van der Waals surface area contributed by atoms with E-state index in [1.54, 1.807) is 0 Å². The van der Waals surface area contributed by atoms with Crippen LogP contribution in [0.15, 0.2) is 156 Å². The van der Waals surface area contributed by atoms with Gasteiger partial charge >= 0.3 is 0 Å². The van der Waals surface area contributed by atoms with Gasteiger partial charge in [0.05, 0.1) is 0 Å². The molecule has 308 valence electrons. The van der Waals surface area contributed by atoms with Crippen LogP contribution < -0.4 is 21.7 Å². The zero-order valence-corrected chi connectivity index (χ0v) is 38.3. The molecule has 7 aromatic carbocycles. The number of benzene rings is 6. The summed E-state index contributed by atoms with van der Waals surface area (Å²) in [5.74, 6) is 0. The van der Waals surface area contributed by atoms with E-state index in [9.17, 15) is 0 Å².